The third-order valence-electron chi connectivity index (χ3n) is 2.45. The molecule has 0 radical (unpaired) electrons. The summed E-state index contributed by atoms with van der Waals surface area (Å²) in [4.78, 5) is 4.80. The number of nitrogens with two attached hydrogens (primary N) is 1. The van der Waals surface area contributed by atoms with E-state index in [0.717, 1.165) is 16.5 Å². The molecule has 0 aliphatic rings. The Kier molecular flexibility index (Phi) is 3.73. The molecule has 2 aromatic heterocycles. The molecule has 0 aliphatic heterocycles. The van der Waals surface area contributed by atoms with E-state index in [-0.39, 0.29) is 11.6 Å². The van der Waals surface area contributed by atoms with Crippen LogP contribution in [0.25, 0.3) is 0 Å². The molecule has 2 rings (SSSR count). The van der Waals surface area contributed by atoms with Crippen LogP contribution < -0.4 is 16.6 Å². The molecule has 96 valence electrons. The minimum absolute atomic E-state index is 0.0304. The Bertz CT molecular complexity index is 556. The van der Waals surface area contributed by atoms with Crippen molar-refractivity contribution in [1.29, 1.82) is 0 Å². The van der Waals surface area contributed by atoms with E-state index in [1.165, 1.54) is 0 Å². The second-order valence-corrected chi connectivity index (χ2v) is 4.67. The average molecular weight is 270 g/mol. The molecule has 0 fully saturated rings. The normalized spacial score (nSPS) is 10.4. The fraction of sp³-hybridized carbons (Fsp3) is 0.182. The zero-order valence-electron chi connectivity index (χ0n) is 9.63. The minimum atomic E-state index is -0.826. The lowest BCUT2D eigenvalue weighted by atomic mass is 10.3. The number of pyridine rings is 1. The second-order valence-electron chi connectivity index (χ2n) is 3.67. The van der Waals surface area contributed by atoms with E-state index < -0.39 is 11.6 Å². The van der Waals surface area contributed by atoms with Gasteiger partial charge < -0.3 is 10.7 Å². The molecule has 7 heteroatoms. The zero-order valence-corrected chi connectivity index (χ0v) is 10.4. The summed E-state index contributed by atoms with van der Waals surface area (Å²) in [6, 6.07) is 2.72. The maximum Gasteiger partial charge on any atom is 0.178 e. The standard InChI is InChI=1S/C11H12F2N4S/c1-6-2-3-18-9(6)5-15-10-7(12)4-8(13)11(16-10)17-14/h2-4H,5,14H2,1H3,(H2,15,16,17). The van der Waals surface area contributed by atoms with Gasteiger partial charge in [0.2, 0.25) is 0 Å². The van der Waals surface area contributed by atoms with E-state index >= 15 is 0 Å². The van der Waals surface area contributed by atoms with Gasteiger partial charge >= 0.3 is 0 Å². The fourth-order valence-corrected chi connectivity index (χ4v) is 2.29. The van der Waals surface area contributed by atoms with Gasteiger partial charge in [-0.25, -0.2) is 19.6 Å². The van der Waals surface area contributed by atoms with E-state index in [4.69, 9.17) is 5.84 Å². The Morgan fingerprint density at radius 2 is 2.06 bits per heavy atom. The first-order valence-corrected chi connectivity index (χ1v) is 6.09. The van der Waals surface area contributed by atoms with Gasteiger partial charge in [0.15, 0.2) is 23.3 Å². The summed E-state index contributed by atoms with van der Waals surface area (Å²) in [7, 11) is 0. The van der Waals surface area contributed by atoms with Crippen LogP contribution in [0.15, 0.2) is 17.5 Å². The van der Waals surface area contributed by atoms with Crippen molar-refractivity contribution in [2.45, 2.75) is 13.5 Å². The van der Waals surface area contributed by atoms with Gasteiger partial charge in [-0.05, 0) is 23.9 Å². The van der Waals surface area contributed by atoms with Gasteiger partial charge in [0.25, 0.3) is 0 Å². The van der Waals surface area contributed by atoms with Crippen molar-refractivity contribution in [2.75, 3.05) is 10.7 Å². The van der Waals surface area contributed by atoms with Crippen LogP contribution in [-0.4, -0.2) is 4.98 Å². The van der Waals surface area contributed by atoms with Crippen LogP contribution in [0.3, 0.4) is 0 Å². The van der Waals surface area contributed by atoms with Crippen molar-refractivity contribution in [1.82, 2.24) is 4.98 Å². The Labute approximate surface area is 107 Å². The fourth-order valence-electron chi connectivity index (χ4n) is 1.44. The van der Waals surface area contributed by atoms with Gasteiger partial charge in [-0.1, -0.05) is 0 Å². The SMILES string of the molecule is Cc1ccsc1CNc1nc(NN)c(F)cc1F. The predicted molar refractivity (Wildman–Crippen MR) is 68.3 cm³/mol. The molecular weight excluding hydrogens is 258 g/mol. The number of rotatable bonds is 4. The van der Waals surface area contributed by atoms with Gasteiger partial charge in [-0.15, -0.1) is 11.3 Å². The van der Waals surface area contributed by atoms with E-state index in [9.17, 15) is 8.78 Å². The van der Waals surface area contributed by atoms with Crippen LogP contribution in [0, 0.1) is 18.6 Å². The number of nitrogens with one attached hydrogen (secondary N) is 2. The van der Waals surface area contributed by atoms with Gasteiger partial charge in [0, 0.05) is 10.9 Å². The molecule has 0 saturated heterocycles. The second kappa shape index (κ2) is 5.28. The highest BCUT2D eigenvalue weighted by molar-refractivity contribution is 7.10. The van der Waals surface area contributed by atoms with Crippen LogP contribution in [0.2, 0.25) is 0 Å². The van der Waals surface area contributed by atoms with Crippen molar-refractivity contribution >= 4 is 23.0 Å². The topological polar surface area (TPSA) is 63.0 Å². The average Bonchev–Trinajstić information content (AvgIpc) is 2.74. The molecule has 4 nitrogen and oxygen atoms in total. The lowest BCUT2D eigenvalue weighted by Gasteiger charge is -2.09. The zero-order chi connectivity index (χ0) is 13.1. The van der Waals surface area contributed by atoms with Gasteiger partial charge in [-0.2, -0.15) is 0 Å². The van der Waals surface area contributed by atoms with Gasteiger partial charge in [0.1, 0.15) is 0 Å². The molecule has 0 spiro atoms. The highest BCUT2D eigenvalue weighted by Gasteiger charge is 2.11. The number of halogens is 2. The predicted octanol–water partition coefficient (Wildman–Crippen LogP) is 2.63. The van der Waals surface area contributed by atoms with Crippen molar-refractivity contribution in [3.8, 4) is 0 Å². The first kappa shape index (κ1) is 12.7. The number of nitrogens with zero attached hydrogens (tertiary/aromatic N) is 1. The van der Waals surface area contributed by atoms with Crippen molar-refractivity contribution < 1.29 is 8.78 Å². The summed E-state index contributed by atoms with van der Waals surface area (Å²) in [5.41, 5.74) is 3.20. The lowest BCUT2D eigenvalue weighted by Crippen LogP contribution is -2.13. The van der Waals surface area contributed by atoms with Crippen LogP contribution in [0.4, 0.5) is 20.4 Å². The highest BCUT2D eigenvalue weighted by atomic mass is 32.1. The summed E-state index contributed by atoms with van der Waals surface area (Å²) in [6.45, 7) is 2.40. The first-order valence-electron chi connectivity index (χ1n) is 5.21. The van der Waals surface area contributed by atoms with E-state index in [1.807, 2.05) is 18.4 Å². The van der Waals surface area contributed by atoms with Crippen LogP contribution >= 0.6 is 11.3 Å². The molecule has 0 saturated carbocycles. The number of aromatic nitrogens is 1. The summed E-state index contributed by atoms with van der Waals surface area (Å²) in [6.07, 6.45) is 0. The van der Waals surface area contributed by atoms with Crippen LogP contribution in [0.1, 0.15) is 10.4 Å². The largest absolute Gasteiger partial charge is 0.363 e. The van der Waals surface area contributed by atoms with E-state index in [2.05, 4.69) is 15.7 Å². The third kappa shape index (κ3) is 2.57. The molecule has 0 unspecified atom stereocenters. The Balaban J connectivity index is 2.16. The van der Waals surface area contributed by atoms with Crippen molar-refractivity contribution in [3.63, 3.8) is 0 Å². The Hall–Kier alpha value is -1.73. The molecule has 0 amide bonds. The molecule has 18 heavy (non-hydrogen) atoms. The monoisotopic (exact) mass is 270 g/mol. The minimum Gasteiger partial charge on any atom is -0.363 e. The number of anilines is 2. The Morgan fingerprint density at radius 3 is 2.67 bits per heavy atom. The van der Waals surface area contributed by atoms with E-state index in [0.29, 0.717) is 6.54 Å². The number of nitrogen functional groups attached to an aromatic ring is 1. The summed E-state index contributed by atoms with van der Waals surface area (Å²) in [5.74, 6) is 3.29. The van der Waals surface area contributed by atoms with Gasteiger partial charge in [-0.3, -0.25) is 0 Å². The number of aryl methyl sites for hydroxylation is 1. The Morgan fingerprint density at radius 1 is 1.33 bits per heavy atom. The number of hydrazine groups is 1. The quantitative estimate of drug-likeness (QED) is 0.590. The van der Waals surface area contributed by atoms with E-state index in [1.54, 1.807) is 11.3 Å². The molecule has 4 N–H and O–H groups in total. The molecular formula is C11H12F2N4S. The molecule has 0 bridgehead atoms. The molecule has 0 aromatic carbocycles. The van der Waals surface area contributed by atoms with Gasteiger partial charge in [0.05, 0.1) is 6.54 Å². The number of thiophene rings is 1. The third-order valence-corrected chi connectivity index (χ3v) is 3.47. The molecule has 2 aromatic rings. The summed E-state index contributed by atoms with van der Waals surface area (Å²) < 4.78 is 26.6. The first-order chi connectivity index (χ1) is 8.61. The summed E-state index contributed by atoms with van der Waals surface area (Å²) in [5, 5.41) is 4.77. The number of hydrogen-bond donors (Lipinski definition) is 3. The maximum absolute atomic E-state index is 13.5. The molecule has 0 aliphatic carbocycles. The summed E-state index contributed by atoms with van der Waals surface area (Å²) >= 11 is 1.56. The molecule has 0 atom stereocenters. The lowest BCUT2D eigenvalue weighted by molar-refractivity contribution is 0.578. The molecule has 2 heterocycles. The van der Waals surface area contributed by atoms with Crippen molar-refractivity contribution in [3.05, 3.63) is 39.6 Å². The van der Waals surface area contributed by atoms with Crippen LogP contribution in [-0.2, 0) is 6.54 Å². The maximum atomic E-state index is 13.5. The smallest absolute Gasteiger partial charge is 0.178 e. The van der Waals surface area contributed by atoms with Crippen molar-refractivity contribution in [2.24, 2.45) is 5.84 Å². The highest BCUT2D eigenvalue weighted by Crippen LogP contribution is 2.21. The van der Waals surface area contributed by atoms with Crippen LogP contribution in [0.5, 0.6) is 0 Å². The number of hydrogen-bond acceptors (Lipinski definition) is 5.